The van der Waals surface area contributed by atoms with Crippen molar-refractivity contribution in [2.45, 2.75) is 25.7 Å². The summed E-state index contributed by atoms with van der Waals surface area (Å²) in [4.78, 5) is 3.65. The van der Waals surface area contributed by atoms with Crippen LogP contribution in [0.25, 0.3) is 0 Å². The minimum Gasteiger partial charge on any atom is -0.382 e. The third-order valence-electron chi connectivity index (χ3n) is 2.69. The summed E-state index contributed by atoms with van der Waals surface area (Å²) in [6.07, 6.45) is -1.70. The number of aliphatic hydroxyl groups is 1. The van der Waals surface area contributed by atoms with Crippen molar-refractivity contribution in [2.75, 3.05) is 0 Å². The van der Waals surface area contributed by atoms with Crippen LogP contribution in [0.1, 0.15) is 29.8 Å². The van der Waals surface area contributed by atoms with Crippen LogP contribution in [0.4, 0.5) is 13.2 Å². The van der Waals surface area contributed by atoms with Crippen LogP contribution in [0.2, 0.25) is 0 Å². The lowest BCUT2D eigenvalue weighted by Gasteiger charge is -2.10. The highest BCUT2D eigenvalue weighted by molar-refractivity contribution is 5.24. The van der Waals surface area contributed by atoms with Gasteiger partial charge in [0.05, 0.1) is 17.5 Å². The van der Waals surface area contributed by atoms with Crippen molar-refractivity contribution in [2.24, 2.45) is 0 Å². The van der Waals surface area contributed by atoms with Gasteiger partial charge in [-0.2, -0.15) is 18.3 Å². The maximum Gasteiger partial charge on any atom is 0.417 e. The molecular weight excluding hydrogens is 259 g/mol. The van der Waals surface area contributed by atoms with E-state index in [1.54, 1.807) is 10.9 Å². The van der Waals surface area contributed by atoms with Crippen molar-refractivity contribution in [3.05, 3.63) is 47.5 Å². The van der Waals surface area contributed by atoms with Gasteiger partial charge in [0.2, 0.25) is 0 Å². The predicted octanol–water partition coefficient (Wildman–Crippen LogP) is 2.40. The van der Waals surface area contributed by atoms with E-state index in [1.165, 1.54) is 6.20 Å². The average Bonchev–Trinajstić information content (AvgIpc) is 2.86. The van der Waals surface area contributed by atoms with Crippen molar-refractivity contribution in [3.8, 4) is 0 Å². The molecule has 1 atom stereocenters. The van der Waals surface area contributed by atoms with Gasteiger partial charge >= 0.3 is 6.18 Å². The summed E-state index contributed by atoms with van der Waals surface area (Å²) in [5.74, 6) is 0. The lowest BCUT2D eigenvalue weighted by Crippen LogP contribution is -2.08. The van der Waals surface area contributed by atoms with Crippen molar-refractivity contribution in [3.63, 3.8) is 0 Å². The molecule has 0 bridgehead atoms. The number of rotatable bonds is 3. The standard InChI is InChI=1S/C12H12F3N3O/c1-2-18-7-8(5-17-18)11(19)10-4-3-9(6-16-10)12(13,14)15/h3-7,11,19H,2H2,1H3. The van der Waals surface area contributed by atoms with Gasteiger partial charge in [-0.05, 0) is 19.1 Å². The Morgan fingerprint density at radius 3 is 2.53 bits per heavy atom. The molecular formula is C12H12F3N3O. The van der Waals surface area contributed by atoms with Crippen LogP contribution in [0.3, 0.4) is 0 Å². The lowest BCUT2D eigenvalue weighted by molar-refractivity contribution is -0.137. The van der Waals surface area contributed by atoms with E-state index in [9.17, 15) is 18.3 Å². The number of aliphatic hydroxyl groups excluding tert-OH is 1. The maximum absolute atomic E-state index is 12.4. The fourth-order valence-corrected chi connectivity index (χ4v) is 1.60. The topological polar surface area (TPSA) is 50.9 Å². The average molecular weight is 271 g/mol. The summed E-state index contributed by atoms with van der Waals surface area (Å²) in [5, 5.41) is 14.0. The molecule has 2 heterocycles. The molecule has 0 saturated heterocycles. The van der Waals surface area contributed by atoms with E-state index in [0.29, 0.717) is 18.3 Å². The van der Waals surface area contributed by atoms with Crippen LogP contribution in [0.15, 0.2) is 30.7 Å². The molecule has 0 aliphatic carbocycles. The molecule has 2 aromatic heterocycles. The first-order chi connectivity index (χ1) is 8.91. The number of aryl methyl sites for hydroxylation is 1. The van der Waals surface area contributed by atoms with E-state index in [0.717, 1.165) is 12.1 Å². The smallest absolute Gasteiger partial charge is 0.382 e. The molecule has 102 valence electrons. The number of nitrogens with zero attached hydrogens (tertiary/aromatic N) is 3. The summed E-state index contributed by atoms with van der Waals surface area (Å²) in [5.41, 5.74) is -0.189. The molecule has 7 heteroatoms. The quantitative estimate of drug-likeness (QED) is 0.932. The number of halogens is 3. The zero-order valence-electron chi connectivity index (χ0n) is 10.1. The molecule has 0 radical (unpaired) electrons. The zero-order valence-corrected chi connectivity index (χ0v) is 10.1. The molecule has 0 aliphatic heterocycles. The molecule has 2 aromatic rings. The highest BCUT2D eigenvalue weighted by Crippen LogP contribution is 2.29. The summed E-state index contributed by atoms with van der Waals surface area (Å²) in [7, 11) is 0. The molecule has 1 N–H and O–H groups in total. The van der Waals surface area contributed by atoms with E-state index in [-0.39, 0.29) is 5.69 Å². The van der Waals surface area contributed by atoms with Crippen molar-refractivity contribution in [1.82, 2.24) is 14.8 Å². The van der Waals surface area contributed by atoms with E-state index < -0.39 is 17.8 Å². The highest BCUT2D eigenvalue weighted by Gasteiger charge is 2.31. The first-order valence-electron chi connectivity index (χ1n) is 5.65. The maximum atomic E-state index is 12.4. The first-order valence-corrected chi connectivity index (χ1v) is 5.65. The Balaban J connectivity index is 2.22. The Hall–Kier alpha value is -1.89. The number of alkyl halides is 3. The molecule has 4 nitrogen and oxygen atoms in total. The molecule has 0 amide bonds. The molecule has 0 saturated carbocycles. The minimum absolute atomic E-state index is 0.156. The largest absolute Gasteiger partial charge is 0.417 e. The summed E-state index contributed by atoms with van der Waals surface area (Å²) in [6, 6.07) is 2.06. The molecule has 0 aliphatic rings. The van der Waals surface area contributed by atoms with E-state index in [4.69, 9.17) is 0 Å². The molecule has 1 unspecified atom stereocenters. The van der Waals surface area contributed by atoms with Gasteiger partial charge in [-0.25, -0.2) is 0 Å². The second-order valence-corrected chi connectivity index (χ2v) is 4.00. The van der Waals surface area contributed by atoms with Crippen LogP contribution >= 0.6 is 0 Å². The lowest BCUT2D eigenvalue weighted by atomic mass is 10.1. The van der Waals surface area contributed by atoms with Crippen molar-refractivity contribution in [1.29, 1.82) is 0 Å². The number of hydrogen-bond acceptors (Lipinski definition) is 3. The predicted molar refractivity (Wildman–Crippen MR) is 61.2 cm³/mol. The number of hydrogen-bond donors (Lipinski definition) is 1. The Morgan fingerprint density at radius 2 is 2.05 bits per heavy atom. The van der Waals surface area contributed by atoms with Crippen molar-refractivity contribution >= 4 is 0 Å². The van der Waals surface area contributed by atoms with Crippen LogP contribution in [-0.4, -0.2) is 19.9 Å². The Bertz CT molecular complexity index is 548. The minimum atomic E-state index is -4.43. The number of aromatic nitrogens is 3. The highest BCUT2D eigenvalue weighted by atomic mass is 19.4. The number of pyridine rings is 1. The summed E-state index contributed by atoms with van der Waals surface area (Å²) >= 11 is 0. The Kier molecular flexibility index (Phi) is 3.57. The second kappa shape index (κ2) is 5.00. The van der Waals surface area contributed by atoms with Crippen molar-refractivity contribution < 1.29 is 18.3 Å². The SMILES string of the molecule is CCn1cc(C(O)c2ccc(C(F)(F)F)cn2)cn1. The van der Waals surface area contributed by atoms with Gasteiger partial charge in [0.25, 0.3) is 0 Å². The third-order valence-corrected chi connectivity index (χ3v) is 2.69. The summed E-state index contributed by atoms with van der Waals surface area (Å²) in [6.45, 7) is 2.53. The van der Waals surface area contributed by atoms with Gasteiger partial charge < -0.3 is 5.11 Å². The fourth-order valence-electron chi connectivity index (χ4n) is 1.60. The zero-order chi connectivity index (χ0) is 14.0. The van der Waals surface area contributed by atoms with Gasteiger partial charge in [-0.15, -0.1) is 0 Å². The Morgan fingerprint density at radius 1 is 1.32 bits per heavy atom. The Labute approximate surface area is 107 Å². The van der Waals surface area contributed by atoms with Gasteiger partial charge in [-0.3, -0.25) is 9.67 Å². The molecule has 0 spiro atoms. The van der Waals surface area contributed by atoms with E-state index >= 15 is 0 Å². The molecule has 0 aromatic carbocycles. The van der Waals surface area contributed by atoms with Crippen LogP contribution in [0.5, 0.6) is 0 Å². The third kappa shape index (κ3) is 2.93. The molecule has 19 heavy (non-hydrogen) atoms. The first kappa shape index (κ1) is 13.5. The summed E-state index contributed by atoms with van der Waals surface area (Å²) < 4.78 is 38.7. The van der Waals surface area contributed by atoms with E-state index in [2.05, 4.69) is 10.1 Å². The van der Waals surface area contributed by atoms with E-state index in [1.807, 2.05) is 6.92 Å². The van der Waals surface area contributed by atoms with Crippen LogP contribution in [-0.2, 0) is 12.7 Å². The van der Waals surface area contributed by atoms with Gasteiger partial charge in [0, 0.05) is 24.5 Å². The fraction of sp³-hybridized carbons (Fsp3) is 0.333. The van der Waals surface area contributed by atoms with Crippen LogP contribution < -0.4 is 0 Å². The van der Waals surface area contributed by atoms with Gasteiger partial charge in [-0.1, -0.05) is 0 Å². The normalized spacial score (nSPS) is 13.5. The van der Waals surface area contributed by atoms with Crippen LogP contribution in [0, 0.1) is 0 Å². The molecule has 0 fully saturated rings. The monoisotopic (exact) mass is 271 g/mol. The van der Waals surface area contributed by atoms with Gasteiger partial charge in [0.15, 0.2) is 0 Å². The van der Waals surface area contributed by atoms with Gasteiger partial charge in [0.1, 0.15) is 6.10 Å². The molecule has 2 rings (SSSR count). The second-order valence-electron chi connectivity index (χ2n) is 4.00.